The first-order chi connectivity index (χ1) is 10.5. The molecule has 0 heterocycles. The Morgan fingerprint density at radius 1 is 1.18 bits per heavy atom. The summed E-state index contributed by atoms with van der Waals surface area (Å²) >= 11 is 12.0. The van der Waals surface area contributed by atoms with Gasteiger partial charge < -0.3 is 10.1 Å². The van der Waals surface area contributed by atoms with E-state index < -0.39 is 0 Å². The molecule has 0 aliphatic heterocycles. The van der Waals surface area contributed by atoms with Crippen molar-refractivity contribution in [2.24, 2.45) is 0 Å². The minimum atomic E-state index is -0.372. The van der Waals surface area contributed by atoms with Crippen molar-refractivity contribution in [2.75, 3.05) is 0 Å². The first kappa shape index (κ1) is 17.1. The molecule has 0 aliphatic carbocycles. The highest BCUT2D eigenvalue weighted by Crippen LogP contribution is 2.26. The van der Waals surface area contributed by atoms with Gasteiger partial charge in [-0.2, -0.15) is 0 Å². The molecule has 1 N–H and O–H groups in total. The fraction of sp³-hybridized carbons (Fsp3) is 0.294. The van der Waals surface area contributed by atoms with Crippen LogP contribution in [0.2, 0.25) is 10.0 Å². The molecule has 0 bridgehead atoms. The summed E-state index contributed by atoms with van der Waals surface area (Å²) in [6.07, 6.45) is 0. The SMILES string of the molecule is CC(C)NCc1cc(Cl)ccc1OCc1c(F)cccc1Cl. The first-order valence-electron chi connectivity index (χ1n) is 7.05. The van der Waals surface area contributed by atoms with Gasteiger partial charge >= 0.3 is 0 Å². The molecule has 5 heteroatoms. The monoisotopic (exact) mass is 341 g/mol. The molecule has 0 fully saturated rings. The van der Waals surface area contributed by atoms with Crippen LogP contribution in [0.4, 0.5) is 4.39 Å². The smallest absolute Gasteiger partial charge is 0.131 e. The molecule has 0 unspecified atom stereocenters. The lowest BCUT2D eigenvalue weighted by atomic mass is 10.2. The van der Waals surface area contributed by atoms with Gasteiger partial charge in [0.15, 0.2) is 0 Å². The van der Waals surface area contributed by atoms with Gasteiger partial charge in [-0.1, -0.05) is 43.1 Å². The Bertz CT molecular complexity index is 626. The van der Waals surface area contributed by atoms with E-state index in [4.69, 9.17) is 27.9 Å². The van der Waals surface area contributed by atoms with Crippen LogP contribution in [0.15, 0.2) is 36.4 Å². The van der Waals surface area contributed by atoms with Crippen LogP contribution < -0.4 is 10.1 Å². The molecule has 22 heavy (non-hydrogen) atoms. The molecule has 2 aromatic carbocycles. The maximum Gasteiger partial charge on any atom is 0.131 e. The van der Waals surface area contributed by atoms with Gasteiger partial charge in [-0.3, -0.25) is 0 Å². The third-order valence-electron chi connectivity index (χ3n) is 3.16. The molecule has 0 aromatic heterocycles. The predicted octanol–water partition coefficient (Wildman–Crippen LogP) is 5.21. The zero-order valence-electron chi connectivity index (χ0n) is 12.5. The lowest BCUT2D eigenvalue weighted by Crippen LogP contribution is -2.22. The summed E-state index contributed by atoms with van der Waals surface area (Å²) in [6.45, 7) is 4.81. The van der Waals surface area contributed by atoms with Crippen molar-refractivity contribution in [3.8, 4) is 5.75 Å². The summed E-state index contributed by atoms with van der Waals surface area (Å²) in [5.41, 5.74) is 1.27. The van der Waals surface area contributed by atoms with Crippen molar-refractivity contribution in [1.29, 1.82) is 0 Å². The van der Waals surface area contributed by atoms with E-state index in [0.717, 1.165) is 5.56 Å². The highest BCUT2D eigenvalue weighted by Gasteiger charge is 2.10. The average molecular weight is 342 g/mol. The standard InChI is InChI=1S/C17H18Cl2FNO/c1-11(2)21-9-12-8-13(18)6-7-17(12)22-10-14-15(19)4-3-5-16(14)20/h3-8,11,21H,9-10H2,1-2H3. The van der Waals surface area contributed by atoms with Crippen LogP contribution in [0.5, 0.6) is 5.75 Å². The molecule has 2 aromatic rings. The third kappa shape index (κ3) is 4.60. The fourth-order valence-corrected chi connectivity index (χ4v) is 2.37. The van der Waals surface area contributed by atoms with Crippen molar-refractivity contribution in [3.05, 3.63) is 63.4 Å². The Morgan fingerprint density at radius 2 is 1.95 bits per heavy atom. The van der Waals surface area contributed by atoms with Gasteiger partial charge in [0.2, 0.25) is 0 Å². The van der Waals surface area contributed by atoms with Crippen molar-refractivity contribution >= 4 is 23.2 Å². The van der Waals surface area contributed by atoms with Gasteiger partial charge in [-0.15, -0.1) is 0 Å². The van der Waals surface area contributed by atoms with Crippen molar-refractivity contribution in [2.45, 2.75) is 33.0 Å². The molecule has 118 valence electrons. The summed E-state index contributed by atoms with van der Waals surface area (Å²) in [5, 5.41) is 4.30. The zero-order chi connectivity index (χ0) is 16.1. The van der Waals surface area contributed by atoms with Crippen LogP contribution in [-0.4, -0.2) is 6.04 Å². The molecular weight excluding hydrogens is 324 g/mol. The van der Waals surface area contributed by atoms with Gasteiger partial charge in [0.25, 0.3) is 0 Å². The maximum absolute atomic E-state index is 13.8. The van der Waals surface area contributed by atoms with Crippen LogP contribution in [0.3, 0.4) is 0 Å². The molecule has 2 rings (SSSR count). The molecule has 0 saturated carbocycles. The van der Waals surface area contributed by atoms with E-state index in [1.54, 1.807) is 24.3 Å². The van der Waals surface area contributed by atoms with Gasteiger partial charge in [0, 0.05) is 28.7 Å². The second-order valence-corrected chi connectivity index (χ2v) is 6.12. The molecule has 0 amide bonds. The lowest BCUT2D eigenvalue weighted by molar-refractivity contribution is 0.296. The van der Waals surface area contributed by atoms with E-state index in [0.29, 0.717) is 33.9 Å². The summed E-state index contributed by atoms with van der Waals surface area (Å²) < 4.78 is 19.5. The van der Waals surface area contributed by atoms with Crippen molar-refractivity contribution < 1.29 is 9.13 Å². The number of benzene rings is 2. The number of hydrogen-bond donors (Lipinski definition) is 1. The van der Waals surface area contributed by atoms with E-state index in [1.165, 1.54) is 6.07 Å². The third-order valence-corrected chi connectivity index (χ3v) is 3.75. The molecule has 0 spiro atoms. The summed E-state index contributed by atoms with van der Waals surface area (Å²) in [5.74, 6) is 0.292. The van der Waals surface area contributed by atoms with Crippen LogP contribution in [0.1, 0.15) is 25.0 Å². The number of rotatable bonds is 6. The van der Waals surface area contributed by atoms with E-state index in [-0.39, 0.29) is 12.4 Å². The predicted molar refractivity (Wildman–Crippen MR) is 89.2 cm³/mol. The van der Waals surface area contributed by atoms with Gasteiger partial charge in [0.05, 0.1) is 5.02 Å². The normalized spacial score (nSPS) is 11.0. The largest absolute Gasteiger partial charge is 0.488 e. The molecule has 2 nitrogen and oxygen atoms in total. The summed E-state index contributed by atoms with van der Waals surface area (Å²) in [6, 6.07) is 10.3. The zero-order valence-corrected chi connectivity index (χ0v) is 14.0. The highest BCUT2D eigenvalue weighted by atomic mass is 35.5. The van der Waals surface area contributed by atoms with Crippen LogP contribution in [-0.2, 0) is 13.2 Å². The van der Waals surface area contributed by atoms with E-state index in [1.807, 2.05) is 6.07 Å². The molecular formula is C17H18Cl2FNO. The van der Waals surface area contributed by atoms with E-state index >= 15 is 0 Å². The van der Waals surface area contributed by atoms with Gasteiger partial charge in [0.1, 0.15) is 18.2 Å². The lowest BCUT2D eigenvalue weighted by Gasteiger charge is -2.15. The molecule has 0 aliphatic rings. The number of nitrogens with one attached hydrogen (secondary N) is 1. The average Bonchev–Trinajstić information content (AvgIpc) is 2.46. The minimum Gasteiger partial charge on any atom is -0.488 e. The van der Waals surface area contributed by atoms with E-state index in [2.05, 4.69) is 19.2 Å². The van der Waals surface area contributed by atoms with Crippen molar-refractivity contribution in [1.82, 2.24) is 5.32 Å². The van der Waals surface area contributed by atoms with Gasteiger partial charge in [-0.05, 0) is 30.3 Å². The van der Waals surface area contributed by atoms with Crippen LogP contribution >= 0.6 is 23.2 Å². The second-order valence-electron chi connectivity index (χ2n) is 5.28. The first-order valence-corrected chi connectivity index (χ1v) is 7.80. The summed E-state index contributed by atoms with van der Waals surface area (Å²) in [7, 11) is 0. The Labute approximate surface area is 140 Å². The Balaban J connectivity index is 2.15. The van der Waals surface area contributed by atoms with Gasteiger partial charge in [-0.25, -0.2) is 4.39 Å². The fourth-order valence-electron chi connectivity index (χ4n) is 1.96. The topological polar surface area (TPSA) is 21.3 Å². The maximum atomic E-state index is 13.8. The number of halogens is 3. The van der Waals surface area contributed by atoms with Crippen molar-refractivity contribution in [3.63, 3.8) is 0 Å². The van der Waals surface area contributed by atoms with Crippen LogP contribution in [0, 0.1) is 5.82 Å². The number of hydrogen-bond acceptors (Lipinski definition) is 2. The number of ether oxygens (including phenoxy) is 1. The molecule has 0 radical (unpaired) electrons. The highest BCUT2D eigenvalue weighted by molar-refractivity contribution is 6.31. The second kappa shape index (κ2) is 7.82. The quantitative estimate of drug-likeness (QED) is 0.778. The Morgan fingerprint density at radius 3 is 2.64 bits per heavy atom. The Hall–Kier alpha value is -1.29. The minimum absolute atomic E-state index is 0.0712. The Kier molecular flexibility index (Phi) is 6.07. The van der Waals surface area contributed by atoms with Crippen LogP contribution in [0.25, 0.3) is 0 Å². The molecule has 0 saturated heterocycles. The molecule has 0 atom stereocenters. The van der Waals surface area contributed by atoms with E-state index in [9.17, 15) is 4.39 Å². The summed E-state index contributed by atoms with van der Waals surface area (Å²) in [4.78, 5) is 0.